The maximum absolute atomic E-state index is 11.6. The number of methoxy groups -OCH3 is 1. The number of carbonyl (C=O) groups excluding carboxylic acids is 1. The first-order valence-corrected chi connectivity index (χ1v) is 7.72. The van der Waals surface area contributed by atoms with Gasteiger partial charge in [-0.3, -0.25) is 0 Å². The molecule has 0 aliphatic carbocycles. The van der Waals surface area contributed by atoms with Crippen LogP contribution in [0, 0.1) is 0 Å². The van der Waals surface area contributed by atoms with E-state index in [0.717, 1.165) is 33.3 Å². The van der Waals surface area contributed by atoms with E-state index < -0.39 is 0 Å². The lowest BCUT2D eigenvalue weighted by Crippen LogP contribution is -2.00. The molecule has 24 heavy (non-hydrogen) atoms. The van der Waals surface area contributed by atoms with Gasteiger partial charge in [-0.25, -0.2) is 4.79 Å². The molecule has 0 radical (unpaired) electrons. The summed E-state index contributed by atoms with van der Waals surface area (Å²) in [7, 11) is 1.39. The average Bonchev–Trinajstić information content (AvgIpc) is 2.61. The van der Waals surface area contributed by atoms with Crippen LogP contribution in [0.25, 0.3) is 16.3 Å². The van der Waals surface area contributed by atoms with E-state index in [9.17, 15) is 4.79 Å². The number of carbonyl (C=O) groups is 1. The van der Waals surface area contributed by atoms with E-state index in [1.165, 1.54) is 7.11 Å². The number of allylic oxidation sites excluding steroid dienone is 1. The van der Waals surface area contributed by atoms with Crippen LogP contribution < -0.4 is 5.32 Å². The van der Waals surface area contributed by atoms with E-state index in [0.29, 0.717) is 5.56 Å². The van der Waals surface area contributed by atoms with Crippen molar-refractivity contribution in [3.05, 3.63) is 78.4 Å². The molecule has 0 bridgehead atoms. The van der Waals surface area contributed by atoms with Crippen LogP contribution >= 0.6 is 0 Å². The largest absolute Gasteiger partial charge is 0.465 e. The Morgan fingerprint density at radius 2 is 1.71 bits per heavy atom. The Morgan fingerprint density at radius 1 is 1.00 bits per heavy atom. The van der Waals surface area contributed by atoms with Crippen LogP contribution in [-0.2, 0) is 4.74 Å². The molecule has 1 N–H and O–H groups in total. The van der Waals surface area contributed by atoms with E-state index in [1.807, 2.05) is 55.5 Å². The van der Waals surface area contributed by atoms with Gasteiger partial charge in [0.15, 0.2) is 0 Å². The second-order valence-electron chi connectivity index (χ2n) is 5.72. The van der Waals surface area contributed by atoms with Crippen LogP contribution in [0.5, 0.6) is 0 Å². The monoisotopic (exact) mass is 317 g/mol. The molecule has 0 atom stereocenters. The minimum atomic E-state index is -0.325. The molecule has 3 heteroatoms. The molecule has 0 aromatic heterocycles. The normalized spacial score (nSPS) is 10.4. The Hall–Kier alpha value is -3.07. The van der Waals surface area contributed by atoms with Gasteiger partial charge < -0.3 is 10.1 Å². The first-order chi connectivity index (χ1) is 11.6. The van der Waals surface area contributed by atoms with Gasteiger partial charge in [-0.05, 0) is 53.6 Å². The second-order valence-corrected chi connectivity index (χ2v) is 5.72. The molecule has 0 saturated heterocycles. The minimum Gasteiger partial charge on any atom is -0.465 e. The molecular weight excluding hydrogens is 298 g/mol. The Labute approximate surface area is 141 Å². The number of rotatable bonds is 4. The Morgan fingerprint density at radius 3 is 2.46 bits per heavy atom. The number of para-hydroxylation sites is 1. The summed E-state index contributed by atoms with van der Waals surface area (Å²) < 4.78 is 4.76. The number of hydrogen-bond donors (Lipinski definition) is 1. The summed E-state index contributed by atoms with van der Waals surface area (Å²) >= 11 is 0. The van der Waals surface area contributed by atoms with Crippen molar-refractivity contribution in [2.45, 2.75) is 6.92 Å². The Kier molecular flexibility index (Phi) is 4.34. The fourth-order valence-electron chi connectivity index (χ4n) is 2.69. The number of benzene rings is 3. The van der Waals surface area contributed by atoms with Crippen molar-refractivity contribution in [1.29, 1.82) is 0 Å². The van der Waals surface area contributed by atoms with Gasteiger partial charge in [0.2, 0.25) is 0 Å². The molecule has 0 aliphatic rings. The number of fused-ring (bicyclic) bond motifs is 1. The summed E-state index contributed by atoms with van der Waals surface area (Å²) in [6.07, 6.45) is 0. The van der Waals surface area contributed by atoms with Gasteiger partial charge in [-0.1, -0.05) is 36.9 Å². The van der Waals surface area contributed by atoms with Crippen LogP contribution in [-0.4, -0.2) is 13.1 Å². The number of anilines is 2. The summed E-state index contributed by atoms with van der Waals surface area (Å²) in [5.41, 5.74) is 4.68. The molecular formula is C21H19NO2. The molecule has 0 heterocycles. The quantitative estimate of drug-likeness (QED) is 0.654. The number of esters is 1. The fourth-order valence-corrected chi connectivity index (χ4v) is 2.69. The van der Waals surface area contributed by atoms with E-state index >= 15 is 0 Å². The molecule has 3 nitrogen and oxygen atoms in total. The minimum absolute atomic E-state index is 0.325. The van der Waals surface area contributed by atoms with Crippen molar-refractivity contribution in [3.8, 4) is 0 Å². The molecule has 0 amide bonds. The fraction of sp³-hybridized carbons (Fsp3) is 0.0952. The van der Waals surface area contributed by atoms with Crippen molar-refractivity contribution in [2.24, 2.45) is 0 Å². The van der Waals surface area contributed by atoms with Crippen LogP contribution in [0.1, 0.15) is 22.8 Å². The summed E-state index contributed by atoms with van der Waals surface area (Å²) in [6.45, 7) is 6.02. The number of hydrogen-bond acceptors (Lipinski definition) is 3. The third kappa shape index (κ3) is 3.15. The molecule has 0 fully saturated rings. The van der Waals surface area contributed by atoms with Crippen molar-refractivity contribution in [3.63, 3.8) is 0 Å². The predicted octanol–water partition coefficient (Wildman–Crippen LogP) is 5.40. The van der Waals surface area contributed by atoms with E-state index in [-0.39, 0.29) is 5.97 Å². The zero-order chi connectivity index (χ0) is 17.1. The summed E-state index contributed by atoms with van der Waals surface area (Å²) in [5, 5.41) is 5.49. The third-order valence-corrected chi connectivity index (χ3v) is 3.93. The molecule has 3 aromatic carbocycles. The van der Waals surface area contributed by atoms with Crippen molar-refractivity contribution in [1.82, 2.24) is 0 Å². The van der Waals surface area contributed by atoms with Gasteiger partial charge in [0, 0.05) is 16.9 Å². The highest BCUT2D eigenvalue weighted by molar-refractivity contribution is 5.96. The SMILES string of the molecule is C=C(C)c1ccccc1Nc1ccc2cc(C(=O)OC)ccc2c1. The standard InChI is InChI=1S/C21H19NO2/c1-14(2)19-6-4-5-7-20(19)22-18-11-10-15-12-17(21(23)24-3)9-8-16(15)13-18/h4-13,22H,1H2,2-3H3. The van der Waals surface area contributed by atoms with Crippen LogP contribution in [0.4, 0.5) is 11.4 Å². The molecule has 0 spiro atoms. The highest BCUT2D eigenvalue weighted by Crippen LogP contribution is 2.28. The lowest BCUT2D eigenvalue weighted by molar-refractivity contribution is 0.0601. The Balaban J connectivity index is 1.95. The molecule has 3 aromatic rings. The van der Waals surface area contributed by atoms with Gasteiger partial charge in [0.05, 0.1) is 12.7 Å². The number of ether oxygens (including phenoxy) is 1. The first-order valence-electron chi connectivity index (χ1n) is 7.72. The maximum Gasteiger partial charge on any atom is 0.337 e. The molecule has 0 saturated carbocycles. The number of nitrogens with one attached hydrogen (secondary N) is 1. The van der Waals surface area contributed by atoms with Crippen molar-refractivity contribution >= 4 is 33.7 Å². The first kappa shape index (κ1) is 15.8. The lowest BCUT2D eigenvalue weighted by Gasteiger charge is -2.13. The van der Waals surface area contributed by atoms with Gasteiger partial charge >= 0.3 is 5.97 Å². The summed E-state index contributed by atoms with van der Waals surface area (Å²) in [6, 6.07) is 19.7. The highest BCUT2D eigenvalue weighted by atomic mass is 16.5. The smallest absolute Gasteiger partial charge is 0.337 e. The molecule has 3 rings (SSSR count). The zero-order valence-electron chi connectivity index (χ0n) is 13.8. The highest BCUT2D eigenvalue weighted by Gasteiger charge is 2.07. The average molecular weight is 317 g/mol. The summed E-state index contributed by atoms with van der Waals surface area (Å²) in [4.78, 5) is 11.6. The second kappa shape index (κ2) is 6.59. The lowest BCUT2D eigenvalue weighted by atomic mass is 10.0. The van der Waals surface area contributed by atoms with Crippen LogP contribution in [0.3, 0.4) is 0 Å². The van der Waals surface area contributed by atoms with Gasteiger partial charge in [0.25, 0.3) is 0 Å². The zero-order valence-corrected chi connectivity index (χ0v) is 13.8. The van der Waals surface area contributed by atoms with E-state index in [4.69, 9.17) is 4.74 Å². The van der Waals surface area contributed by atoms with E-state index in [1.54, 1.807) is 6.07 Å². The molecule has 120 valence electrons. The van der Waals surface area contributed by atoms with Crippen molar-refractivity contribution < 1.29 is 9.53 Å². The molecule has 0 unspecified atom stereocenters. The Bertz CT molecular complexity index is 928. The topological polar surface area (TPSA) is 38.3 Å². The van der Waals surface area contributed by atoms with Gasteiger partial charge in [-0.2, -0.15) is 0 Å². The summed E-state index contributed by atoms with van der Waals surface area (Å²) in [5.74, 6) is -0.325. The van der Waals surface area contributed by atoms with Crippen LogP contribution in [0.2, 0.25) is 0 Å². The van der Waals surface area contributed by atoms with Crippen LogP contribution in [0.15, 0.2) is 67.2 Å². The van der Waals surface area contributed by atoms with Gasteiger partial charge in [-0.15, -0.1) is 0 Å². The predicted molar refractivity (Wildman–Crippen MR) is 99.7 cm³/mol. The third-order valence-electron chi connectivity index (χ3n) is 3.93. The van der Waals surface area contributed by atoms with Gasteiger partial charge in [0.1, 0.15) is 0 Å². The molecule has 0 aliphatic heterocycles. The maximum atomic E-state index is 11.6. The van der Waals surface area contributed by atoms with E-state index in [2.05, 4.69) is 18.0 Å². The van der Waals surface area contributed by atoms with Crippen molar-refractivity contribution in [2.75, 3.05) is 12.4 Å².